The largest absolute Gasteiger partial charge is 0.414 e. The number of nitrogens with zero attached hydrogens (tertiary/aromatic N) is 3. The van der Waals surface area contributed by atoms with Crippen molar-refractivity contribution in [2.24, 2.45) is 11.3 Å². The predicted octanol–water partition coefficient (Wildman–Crippen LogP) is 5.39. The molecular weight excluding hydrogens is 508 g/mol. The molecule has 6 rings (SSSR count). The number of halogens is 5. The summed E-state index contributed by atoms with van der Waals surface area (Å²) >= 11 is 5.89. The van der Waals surface area contributed by atoms with Crippen molar-refractivity contribution in [2.75, 3.05) is 31.5 Å². The number of anilines is 1. The number of amides is 1. The molecule has 3 unspecified atom stereocenters. The molecule has 0 radical (unpaired) electrons. The van der Waals surface area contributed by atoms with Crippen LogP contribution < -0.4 is 5.32 Å². The van der Waals surface area contributed by atoms with Gasteiger partial charge in [-0.25, -0.2) is 4.39 Å². The zero-order chi connectivity index (χ0) is 25.9. The Morgan fingerprint density at radius 2 is 1.92 bits per heavy atom. The third-order valence-corrected chi connectivity index (χ3v) is 8.75. The normalized spacial score (nSPS) is 26.8. The molecule has 10 heteroatoms. The average Bonchev–Trinajstić information content (AvgIpc) is 3.29. The minimum atomic E-state index is -4.64. The number of rotatable bonds is 6. The van der Waals surface area contributed by atoms with E-state index in [1.54, 1.807) is 12.1 Å². The fourth-order valence-corrected chi connectivity index (χ4v) is 6.55. The predicted molar refractivity (Wildman–Crippen MR) is 132 cm³/mol. The molecule has 1 N–H and O–H groups in total. The Bertz CT molecular complexity index is 1200. The van der Waals surface area contributed by atoms with E-state index in [-0.39, 0.29) is 23.3 Å². The molecule has 3 heterocycles. The van der Waals surface area contributed by atoms with Crippen LogP contribution in [0.2, 0.25) is 5.02 Å². The SMILES string of the molecule is O=C1N(C(c2ccc(NC3Cc4ccc(Cl)c(F)c4C3)cn2)C(F)(F)F)CCC12CCN(CC1CC1)C2. The number of aromatic nitrogens is 1. The van der Waals surface area contributed by atoms with Gasteiger partial charge in [-0.15, -0.1) is 0 Å². The molecule has 1 aromatic heterocycles. The van der Waals surface area contributed by atoms with Crippen LogP contribution in [0.5, 0.6) is 0 Å². The molecule has 37 heavy (non-hydrogen) atoms. The Morgan fingerprint density at radius 3 is 2.62 bits per heavy atom. The van der Waals surface area contributed by atoms with Crippen molar-refractivity contribution in [3.05, 3.63) is 58.1 Å². The van der Waals surface area contributed by atoms with E-state index in [2.05, 4.69) is 15.2 Å². The number of alkyl halides is 3. The van der Waals surface area contributed by atoms with Crippen molar-refractivity contribution in [2.45, 2.75) is 56.8 Å². The summed E-state index contributed by atoms with van der Waals surface area (Å²) < 4.78 is 57.2. The Hall–Kier alpha value is -2.39. The monoisotopic (exact) mass is 536 g/mol. The lowest BCUT2D eigenvalue weighted by molar-refractivity contribution is -0.191. The Labute approximate surface area is 218 Å². The van der Waals surface area contributed by atoms with Crippen LogP contribution in [0.15, 0.2) is 30.5 Å². The second-order valence-electron chi connectivity index (χ2n) is 11.1. The highest BCUT2D eigenvalue weighted by atomic mass is 35.5. The van der Waals surface area contributed by atoms with E-state index in [9.17, 15) is 22.4 Å². The Balaban J connectivity index is 1.15. The molecule has 3 fully saturated rings. The molecule has 1 amide bonds. The second kappa shape index (κ2) is 9.12. The number of carbonyl (C=O) groups excluding carboxylic acids is 1. The van der Waals surface area contributed by atoms with Gasteiger partial charge in [0.25, 0.3) is 0 Å². The van der Waals surface area contributed by atoms with Crippen LogP contribution in [0, 0.1) is 17.2 Å². The first kappa shape index (κ1) is 24.9. The lowest BCUT2D eigenvalue weighted by Crippen LogP contribution is -2.44. The summed E-state index contributed by atoms with van der Waals surface area (Å²) in [6.45, 7) is 2.34. The maximum absolute atomic E-state index is 14.3. The van der Waals surface area contributed by atoms with Gasteiger partial charge in [0.1, 0.15) is 5.82 Å². The van der Waals surface area contributed by atoms with Gasteiger partial charge in [-0.3, -0.25) is 9.78 Å². The van der Waals surface area contributed by atoms with E-state index in [1.807, 2.05) is 0 Å². The molecule has 1 spiro atoms. The van der Waals surface area contributed by atoms with Gasteiger partial charge >= 0.3 is 6.18 Å². The third-order valence-electron chi connectivity index (χ3n) is 8.46. The van der Waals surface area contributed by atoms with Crippen molar-refractivity contribution < 1.29 is 22.4 Å². The van der Waals surface area contributed by atoms with Crippen LogP contribution in [0.4, 0.5) is 23.2 Å². The first-order chi connectivity index (χ1) is 17.6. The van der Waals surface area contributed by atoms with Gasteiger partial charge in [-0.1, -0.05) is 17.7 Å². The summed E-state index contributed by atoms with van der Waals surface area (Å²) in [7, 11) is 0. The van der Waals surface area contributed by atoms with Crippen LogP contribution in [-0.2, 0) is 17.6 Å². The number of nitrogens with one attached hydrogen (secondary N) is 1. The molecule has 3 atom stereocenters. The van der Waals surface area contributed by atoms with Crippen LogP contribution in [0.3, 0.4) is 0 Å². The zero-order valence-electron chi connectivity index (χ0n) is 20.3. The van der Waals surface area contributed by atoms with Crippen LogP contribution >= 0.6 is 11.6 Å². The number of hydrogen-bond donors (Lipinski definition) is 1. The standard InChI is InChI=1S/C27H29ClF4N4O/c28-21-5-3-17-11-19(12-20(17)23(21)29)34-18-4-6-22(33-13-18)24(27(30,31)32)36-10-8-26(25(36)37)7-9-35(15-26)14-16-1-2-16/h3-6,13,16,19,24,34H,1-2,7-12,14-15H2. The fourth-order valence-electron chi connectivity index (χ4n) is 6.38. The van der Waals surface area contributed by atoms with E-state index in [4.69, 9.17) is 11.6 Å². The maximum Gasteiger partial charge on any atom is 0.414 e. The van der Waals surface area contributed by atoms with Crippen molar-refractivity contribution >= 4 is 23.2 Å². The summed E-state index contributed by atoms with van der Waals surface area (Å²) in [5.74, 6) is -0.144. The average molecular weight is 537 g/mol. The van der Waals surface area contributed by atoms with Gasteiger partial charge in [0.15, 0.2) is 6.04 Å². The summed E-state index contributed by atoms with van der Waals surface area (Å²) in [5, 5.41) is 3.32. The molecule has 5 nitrogen and oxygen atoms in total. The highest BCUT2D eigenvalue weighted by Gasteiger charge is 2.57. The molecule has 1 aromatic carbocycles. The van der Waals surface area contributed by atoms with Gasteiger partial charge < -0.3 is 15.1 Å². The van der Waals surface area contributed by atoms with Crippen molar-refractivity contribution in [3.8, 4) is 0 Å². The van der Waals surface area contributed by atoms with Gasteiger partial charge in [0.05, 0.1) is 28.0 Å². The molecule has 2 aromatic rings. The first-order valence-electron chi connectivity index (χ1n) is 12.9. The van der Waals surface area contributed by atoms with Gasteiger partial charge in [0.2, 0.25) is 5.91 Å². The Morgan fingerprint density at radius 1 is 1.14 bits per heavy atom. The quantitative estimate of drug-likeness (QED) is 0.503. The van der Waals surface area contributed by atoms with E-state index >= 15 is 0 Å². The topological polar surface area (TPSA) is 48.5 Å². The van der Waals surface area contributed by atoms with Gasteiger partial charge in [0, 0.05) is 25.7 Å². The van der Waals surface area contributed by atoms with E-state index in [0.29, 0.717) is 49.4 Å². The summed E-state index contributed by atoms with van der Waals surface area (Å²) in [5.41, 5.74) is 1.07. The zero-order valence-corrected chi connectivity index (χ0v) is 21.1. The van der Waals surface area contributed by atoms with Crippen molar-refractivity contribution in [1.29, 1.82) is 0 Å². The van der Waals surface area contributed by atoms with Crippen LogP contribution in [-0.4, -0.2) is 59.1 Å². The van der Waals surface area contributed by atoms with Crippen LogP contribution in [0.25, 0.3) is 0 Å². The molecular formula is C27H29ClF4N4O. The number of likely N-dealkylation sites (tertiary alicyclic amines) is 2. The third kappa shape index (κ3) is 4.69. The minimum Gasteiger partial charge on any atom is -0.380 e. The molecule has 2 aliphatic carbocycles. The van der Waals surface area contributed by atoms with E-state index < -0.39 is 29.4 Å². The van der Waals surface area contributed by atoms with E-state index in [0.717, 1.165) is 23.6 Å². The molecule has 198 valence electrons. The minimum absolute atomic E-state index is 0.0788. The fraction of sp³-hybridized carbons (Fsp3) is 0.556. The molecule has 2 aliphatic heterocycles. The second-order valence-corrected chi connectivity index (χ2v) is 11.5. The number of benzene rings is 1. The number of pyridine rings is 1. The van der Waals surface area contributed by atoms with Crippen molar-refractivity contribution in [1.82, 2.24) is 14.8 Å². The smallest absolute Gasteiger partial charge is 0.380 e. The van der Waals surface area contributed by atoms with Gasteiger partial charge in [-0.05, 0) is 80.3 Å². The van der Waals surface area contributed by atoms with Crippen LogP contribution in [0.1, 0.15) is 48.5 Å². The van der Waals surface area contributed by atoms with Gasteiger partial charge in [-0.2, -0.15) is 13.2 Å². The molecule has 1 saturated carbocycles. The van der Waals surface area contributed by atoms with Crippen molar-refractivity contribution in [3.63, 3.8) is 0 Å². The number of fused-ring (bicyclic) bond motifs is 1. The summed E-state index contributed by atoms with van der Waals surface area (Å²) in [4.78, 5) is 20.8. The summed E-state index contributed by atoms with van der Waals surface area (Å²) in [6.07, 6.45) is 1.20. The number of carbonyl (C=O) groups is 1. The maximum atomic E-state index is 14.3. The Kier molecular flexibility index (Phi) is 6.14. The highest BCUT2D eigenvalue weighted by molar-refractivity contribution is 6.30. The highest BCUT2D eigenvalue weighted by Crippen LogP contribution is 2.48. The first-order valence-corrected chi connectivity index (χ1v) is 13.3. The van der Waals surface area contributed by atoms with E-state index in [1.165, 1.54) is 31.2 Å². The lowest BCUT2D eigenvalue weighted by atomic mass is 9.85. The summed E-state index contributed by atoms with van der Waals surface area (Å²) in [6, 6.07) is 4.04. The molecule has 2 saturated heterocycles. The number of hydrogen-bond acceptors (Lipinski definition) is 4. The lowest BCUT2D eigenvalue weighted by Gasteiger charge is -2.31. The molecule has 0 bridgehead atoms. The molecule has 4 aliphatic rings.